The number of hydrogen-bond donors (Lipinski definition) is 1. The second-order valence-electron chi connectivity index (χ2n) is 6.50. The lowest BCUT2D eigenvalue weighted by Gasteiger charge is -2.15. The van der Waals surface area contributed by atoms with E-state index in [9.17, 15) is 13.2 Å². The summed E-state index contributed by atoms with van der Waals surface area (Å²) in [4.78, 5) is 12.2. The van der Waals surface area contributed by atoms with Gasteiger partial charge in [0, 0.05) is 11.8 Å². The van der Waals surface area contributed by atoms with Crippen LogP contribution in [0.4, 0.5) is 5.69 Å². The van der Waals surface area contributed by atoms with E-state index >= 15 is 0 Å². The zero-order valence-corrected chi connectivity index (χ0v) is 16.8. The van der Waals surface area contributed by atoms with Crippen LogP contribution in [0.2, 0.25) is 0 Å². The van der Waals surface area contributed by atoms with Gasteiger partial charge in [-0.15, -0.1) is 0 Å². The monoisotopic (exact) mass is 405 g/mol. The SMILES string of the molecule is CCOC(=O)C1(c2ccc(NS(=O)(=O)c3ccc(OC)c(OC)c3)cc2)CC1. The van der Waals surface area contributed by atoms with Crippen LogP contribution in [0, 0.1) is 0 Å². The number of benzene rings is 2. The highest BCUT2D eigenvalue weighted by molar-refractivity contribution is 7.92. The zero-order chi connectivity index (χ0) is 20.4. The van der Waals surface area contributed by atoms with Crippen LogP contribution in [0.1, 0.15) is 25.3 Å². The summed E-state index contributed by atoms with van der Waals surface area (Å²) in [5.74, 6) is 0.541. The first kappa shape index (κ1) is 20.0. The molecule has 0 aromatic heterocycles. The number of anilines is 1. The van der Waals surface area contributed by atoms with Gasteiger partial charge in [-0.25, -0.2) is 8.42 Å². The second kappa shape index (κ2) is 7.71. The van der Waals surface area contributed by atoms with E-state index in [1.165, 1.54) is 32.4 Å². The third kappa shape index (κ3) is 3.77. The Morgan fingerprint density at radius 2 is 1.68 bits per heavy atom. The van der Waals surface area contributed by atoms with E-state index in [0.717, 1.165) is 18.4 Å². The Labute approximate surface area is 164 Å². The molecule has 8 heteroatoms. The quantitative estimate of drug-likeness (QED) is 0.679. The molecule has 0 atom stereocenters. The van der Waals surface area contributed by atoms with Gasteiger partial charge in [0.25, 0.3) is 10.0 Å². The molecule has 0 spiro atoms. The molecule has 28 heavy (non-hydrogen) atoms. The summed E-state index contributed by atoms with van der Waals surface area (Å²) in [6, 6.07) is 11.2. The molecule has 2 aromatic rings. The van der Waals surface area contributed by atoms with Gasteiger partial charge in [-0.2, -0.15) is 0 Å². The minimum absolute atomic E-state index is 0.0550. The normalized spacial score (nSPS) is 14.8. The fraction of sp³-hybridized carbons (Fsp3) is 0.350. The van der Waals surface area contributed by atoms with E-state index in [0.29, 0.717) is 23.8 Å². The molecule has 1 aliphatic rings. The van der Waals surface area contributed by atoms with Crippen molar-refractivity contribution in [2.45, 2.75) is 30.1 Å². The van der Waals surface area contributed by atoms with Gasteiger partial charge in [0.1, 0.15) is 0 Å². The van der Waals surface area contributed by atoms with Gasteiger partial charge in [0.2, 0.25) is 0 Å². The van der Waals surface area contributed by atoms with Gasteiger partial charge in [0.05, 0.1) is 31.1 Å². The van der Waals surface area contributed by atoms with E-state index in [2.05, 4.69) is 4.72 Å². The Kier molecular flexibility index (Phi) is 5.51. The lowest BCUT2D eigenvalue weighted by molar-refractivity contribution is -0.146. The number of ether oxygens (including phenoxy) is 3. The van der Waals surface area contributed by atoms with Crippen molar-refractivity contribution in [3.63, 3.8) is 0 Å². The van der Waals surface area contributed by atoms with Crippen LogP contribution in [0.3, 0.4) is 0 Å². The molecule has 2 aromatic carbocycles. The maximum atomic E-state index is 12.7. The average Bonchev–Trinajstić information content (AvgIpc) is 3.50. The van der Waals surface area contributed by atoms with E-state index in [4.69, 9.17) is 14.2 Å². The van der Waals surface area contributed by atoms with E-state index < -0.39 is 15.4 Å². The summed E-state index contributed by atoms with van der Waals surface area (Å²) >= 11 is 0. The summed E-state index contributed by atoms with van der Waals surface area (Å²) in [5.41, 5.74) is 0.648. The molecule has 150 valence electrons. The second-order valence-corrected chi connectivity index (χ2v) is 8.18. The molecule has 0 amide bonds. The van der Waals surface area contributed by atoms with Gasteiger partial charge >= 0.3 is 5.97 Å². The largest absolute Gasteiger partial charge is 0.493 e. The van der Waals surface area contributed by atoms with Crippen molar-refractivity contribution in [3.8, 4) is 11.5 Å². The molecular weight excluding hydrogens is 382 g/mol. The standard InChI is InChI=1S/C20H23NO6S/c1-4-27-19(22)20(11-12-20)14-5-7-15(8-6-14)21-28(23,24)16-9-10-17(25-2)18(13-16)26-3/h5-10,13,21H,4,11-12H2,1-3H3. The Hall–Kier alpha value is -2.74. The van der Waals surface area contributed by atoms with Crippen molar-refractivity contribution < 1.29 is 27.4 Å². The molecule has 3 rings (SSSR count). The molecule has 0 unspecified atom stereocenters. The highest BCUT2D eigenvalue weighted by atomic mass is 32.2. The van der Waals surface area contributed by atoms with E-state index in [1.54, 1.807) is 31.2 Å². The zero-order valence-electron chi connectivity index (χ0n) is 16.0. The number of sulfonamides is 1. The summed E-state index contributed by atoms with van der Waals surface area (Å²) in [7, 11) is -0.883. The predicted octanol–water partition coefficient (Wildman–Crippen LogP) is 3.10. The minimum Gasteiger partial charge on any atom is -0.493 e. The van der Waals surface area contributed by atoms with Crippen molar-refractivity contribution in [1.29, 1.82) is 0 Å². The van der Waals surface area contributed by atoms with Crippen LogP contribution in [0.25, 0.3) is 0 Å². The molecule has 1 aliphatic carbocycles. The molecule has 0 aliphatic heterocycles. The Morgan fingerprint density at radius 3 is 2.21 bits per heavy atom. The van der Waals surface area contributed by atoms with Gasteiger partial charge in [-0.3, -0.25) is 9.52 Å². The van der Waals surface area contributed by atoms with Crippen LogP contribution in [-0.4, -0.2) is 35.2 Å². The van der Waals surface area contributed by atoms with Crippen molar-refractivity contribution in [3.05, 3.63) is 48.0 Å². The number of esters is 1. The lowest BCUT2D eigenvalue weighted by atomic mass is 9.96. The first-order chi connectivity index (χ1) is 13.4. The number of carbonyl (C=O) groups excluding carboxylic acids is 1. The van der Waals surface area contributed by atoms with Crippen LogP contribution in [0.15, 0.2) is 47.4 Å². The van der Waals surface area contributed by atoms with Crippen molar-refractivity contribution in [1.82, 2.24) is 0 Å². The van der Waals surface area contributed by atoms with Crippen LogP contribution < -0.4 is 14.2 Å². The third-order valence-corrected chi connectivity index (χ3v) is 6.15. The van der Waals surface area contributed by atoms with Gasteiger partial charge in [0.15, 0.2) is 11.5 Å². The summed E-state index contributed by atoms with van der Waals surface area (Å²) in [6.07, 6.45) is 1.48. The molecule has 1 N–H and O–H groups in total. The van der Waals surface area contributed by atoms with Crippen molar-refractivity contribution >= 4 is 21.7 Å². The van der Waals surface area contributed by atoms with Crippen molar-refractivity contribution in [2.75, 3.05) is 25.5 Å². The molecule has 0 radical (unpaired) electrons. The molecule has 0 bridgehead atoms. The Bertz CT molecular complexity index is 965. The number of nitrogens with one attached hydrogen (secondary N) is 1. The fourth-order valence-electron chi connectivity index (χ4n) is 3.06. The molecular formula is C20H23NO6S. The predicted molar refractivity (Wildman–Crippen MR) is 104 cm³/mol. The number of hydrogen-bond acceptors (Lipinski definition) is 6. The molecule has 7 nitrogen and oxygen atoms in total. The smallest absolute Gasteiger partial charge is 0.316 e. The van der Waals surface area contributed by atoms with Crippen LogP contribution in [0.5, 0.6) is 11.5 Å². The van der Waals surface area contributed by atoms with Gasteiger partial charge < -0.3 is 14.2 Å². The first-order valence-electron chi connectivity index (χ1n) is 8.89. The summed E-state index contributed by atoms with van der Waals surface area (Å²) < 4.78 is 43.3. The average molecular weight is 405 g/mol. The maximum Gasteiger partial charge on any atom is 0.316 e. The maximum absolute atomic E-state index is 12.7. The van der Waals surface area contributed by atoms with E-state index in [1.807, 2.05) is 0 Å². The highest BCUT2D eigenvalue weighted by Gasteiger charge is 2.52. The van der Waals surface area contributed by atoms with Crippen LogP contribution in [-0.2, 0) is 25.0 Å². The highest BCUT2D eigenvalue weighted by Crippen LogP contribution is 2.49. The summed E-state index contributed by atoms with van der Waals surface area (Å²) in [5, 5.41) is 0. The number of carbonyl (C=O) groups is 1. The van der Waals surface area contributed by atoms with Gasteiger partial charge in [-0.1, -0.05) is 12.1 Å². The number of methoxy groups -OCH3 is 2. The lowest BCUT2D eigenvalue weighted by Crippen LogP contribution is -2.23. The Balaban J connectivity index is 1.79. The van der Waals surface area contributed by atoms with E-state index in [-0.39, 0.29) is 10.9 Å². The van der Waals surface area contributed by atoms with Crippen LogP contribution >= 0.6 is 0 Å². The minimum atomic E-state index is -3.81. The third-order valence-electron chi connectivity index (χ3n) is 4.77. The first-order valence-corrected chi connectivity index (χ1v) is 10.4. The summed E-state index contributed by atoms with van der Waals surface area (Å²) in [6.45, 7) is 2.11. The molecule has 1 fully saturated rings. The Morgan fingerprint density at radius 1 is 1.04 bits per heavy atom. The fourth-order valence-corrected chi connectivity index (χ4v) is 4.13. The topological polar surface area (TPSA) is 90.9 Å². The number of rotatable bonds is 8. The molecule has 0 heterocycles. The van der Waals surface area contributed by atoms with Crippen molar-refractivity contribution in [2.24, 2.45) is 0 Å². The van der Waals surface area contributed by atoms with Gasteiger partial charge in [-0.05, 0) is 49.6 Å². The molecule has 1 saturated carbocycles. The molecule has 0 saturated heterocycles.